The van der Waals surface area contributed by atoms with E-state index in [9.17, 15) is 0 Å². The van der Waals surface area contributed by atoms with E-state index in [0.717, 1.165) is 24.0 Å². The zero-order valence-corrected chi connectivity index (χ0v) is 9.57. The van der Waals surface area contributed by atoms with Crippen molar-refractivity contribution in [2.24, 2.45) is 5.73 Å². The molecule has 1 atom stereocenters. The number of pyridine rings is 1. The standard InChI is InChI=1S/C10H14BrN3/c11-9-6-13-4-3-10(9)14-5-1-2-8(12)7-14/h3-4,6,8H,1-2,5,7,12H2. The molecule has 2 N–H and O–H groups in total. The molecule has 1 unspecified atom stereocenters. The predicted octanol–water partition coefficient (Wildman–Crippen LogP) is 1.77. The molecule has 2 rings (SSSR count). The highest BCUT2D eigenvalue weighted by atomic mass is 79.9. The Morgan fingerprint density at radius 3 is 3.14 bits per heavy atom. The van der Waals surface area contributed by atoms with Crippen molar-refractivity contribution in [2.45, 2.75) is 18.9 Å². The van der Waals surface area contributed by atoms with Crippen molar-refractivity contribution >= 4 is 21.6 Å². The molecule has 0 aliphatic carbocycles. The Morgan fingerprint density at radius 2 is 2.43 bits per heavy atom. The Hall–Kier alpha value is -0.610. The minimum absolute atomic E-state index is 0.309. The van der Waals surface area contributed by atoms with Crippen molar-refractivity contribution in [3.05, 3.63) is 22.9 Å². The predicted molar refractivity (Wildman–Crippen MR) is 61.4 cm³/mol. The number of rotatable bonds is 1. The third kappa shape index (κ3) is 2.07. The van der Waals surface area contributed by atoms with E-state index in [1.165, 1.54) is 12.1 Å². The van der Waals surface area contributed by atoms with Crippen molar-refractivity contribution in [1.82, 2.24) is 4.98 Å². The summed E-state index contributed by atoms with van der Waals surface area (Å²) < 4.78 is 1.05. The molecule has 1 aliphatic heterocycles. The first-order valence-electron chi connectivity index (χ1n) is 4.87. The second-order valence-electron chi connectivity index (χ2n) is 3.68. The molecule has 0 bridgehead atoms. The summed E-state index contributed by atoms with van der Waals surface area (Å²) in [6.45, 7) is 2.04. The van der Waals surface area contributed by atoms with Crippen LogP contribution in [0.3, 0.4) is 0 Å². The van der Waals surface area contributed by atoms with Gasteiger partial charge in [-0.3, -0.25) is 4.98 Å². The fraction of sp³-hybridized carbons (Fsp3) is 0.500. The van der Waals surface area contributed by atoms with Gasteiger partial charge >= 0.3 is 0 Å². The van der Waals surface area contributed by atoms with Crippen LogP contribution < -0.4 is 10.6 Å². The lowest BCUT2D eigenvalue weighted by Gasteiger charge is -2.33. The summed E-state index contributed by atoms with van der Waals surface area (Å²) in [6, 6.07) is 2.34. The first-order chi connectivity index (χ1) is 6.77. The van der Waals surface area contributed by atoms with Gasteiger partial charge in [-0.1, -0.05) is 0 Å². The van der Waals surface area contributed by atoms with Crippen molar-refractivity contribution in [3.63, 3.8) is 0 Å². The summed E-state index contributed by atoms with van der Waals surface area (Å²) in [5.41, 5.74) is 7.14. The van der Waals surface area contributed by atoms with Crippen LogP contribution in [-0.2, 0) is 0 Å². The smallest absolute Gasteiger partial charge is 0.0592 e. The molecule has 1 aromatic rings. The Labute approximate surface area is 92.4 Å². The van der Waals surface area contributed by atoms with Gasteiger partial charge in [0.05, 0.1) is 10.2 Å². The van der Waals surface area contributed by atoms with Gasteiger partial charge in [0.1, 0.15) is 0 Å². The summed E-state index contributed by atoms with van der Waals surface area (Å²) in [4.78, 5) is 6.37. The highest BCUT2D eigenvalue weighted by Crippen LogP contribution is 2.26. The van der Waals surface area contributed by atoms with Crippen molar-refractivity contribution in [2.75, 3.05) is 18.0 Å². The third-order valence-corrected chi connectivity index (χ3v) is 3.16. The second kappa shape index (κ2) is 4.28. The van der Waals surface area contributed by atoms with Crippen LogP contribution in [0, 0.1) is 0 Å². The molecule has 1 saturated heterocycles. The molecule has 3 nitrogen and oxygen atoms in total. The van der Waals surface area contributed by atoms with Gasteiger partial charge in [-0.2, -0.15) is 0 Å². The molecule has 0 amide bonds. The third-order valence-electron chi connectivity index (χ3n) is 2.55. The first-order valence-corrected chi connectivity index (χ1v) is 5.66. The number of hydrogen-bond donors (Lipinski definition) is 1. The number of nitrogens with two attached hydrogens (primary N) is 1. The number of anilines is 1. The highest BCUT2D eigenvalue weighted by Gasteiger charge is 2.18. The van der Waals surface area contributed by atoms with Crippen LogP contribution in [0.25, 0.3) is 0 Å². The summed E-state index contributed by atoms with van der Waals surface area (Å²) in [5.74, 6) is 0. The Balaban J connectivity index is 2.18. The number of halogens is 1. The largest absolute Gasteiger partial charge is 0.369 e. The van der Waals surface area contributed by atoms with Gasteiger partial charge < -0.3 is 10.6 Å². The monoisotopic (exact) mass is 255 g/mol. The van der Waals surface area contributed by atoms with Gasteiger partial charge in [0, 0.05) is 31.5 Å². The zero-order chi connectivity index (χ0) is 9.97. The van der Waals surface area contributed by atoms with Crippen LogP contribution in [-0.4, -0.2) is 24.1 Å². The highest BCUT2D eigenvalue weighted by molar-refractivity contribution is 9.10. The molecular formula is C10H14BrN3. The molecule has 0 aromatic carbocycles. The molecule has 2 heterocycles. The van der Waals surface area contributed by atoms with Crippen LogP contribution in [0.15, 0.2) is 22.9 Å². The minimum Gasteiger partial charge on any atom is -0.369 e. The topological polar surface area (TPSA) is 42.1 Å². The van der Waals surface area contributed by atoms with E-state index in [0.29, 0.717) is 6.04 Å². The first kappa shape index (κ1) is 9.93. The molecule has 76 valence electrons. The van der Waals surface area contributed by atoms with Gasteiger partial charge in [-0.15, -0.1) is 0 Å². The minimum atomic E-state index is 0.309. The summed E-state index contributed by atoms with van der Waals surface area (Å²) in [6.07, 6.45) is 5.96. The van der Waals surface area contributed by atoms with Gasteiger partial charge in [-0.05, 0) is 34.8 Å². The number of aromatic nitrogens is 1. The second-order valence-corrected chi connectivity index (χ2v) is 4.53. The van der Waals surface area contributed by atoms with E-state index < -0.39 is 0 Å². The van der Waals surface area contributed by atoms with Crippen molar-refractivity contribution in [1.29, 1.82) is 0 Å². The quantitative estimate of drug-likeness (QED) is 0.832. The lowest BCUT2D eigenvalue weighted by molar-refractivity contribution is 0.505. The lowest BCUT2D eigenvalue weighted by atomic mass is 10.1. The van der Waals surface area contributed by atoms with E-state index in [2.05, 4.69) is 25.8 Å². The van der Waals surface area contributed by atoms with Crippen LogP contribution >= 0.6 is 15.9 Å². The fourth-order valence-electron chi connectivity index (χ4n) is 1.85. The molecular weight excluding hydrogens is 242 g/mol. The number of piperidine rings is 1. The Morgan fingerprint density at radius 1 is 1.57 bits per heavy atom. The molecule has 14 heavy (non-hydrogen) atoms. The SMILES string of the molecule is NC1CCCN(c2ccncc2Br)C1. The van der Waals surface area contributed by atoms with Crippen LogP contribution in [0.1, 0.15) is 12.8 Å². The van der Waals surface area contributed by atoms with Gasteiger partial charge in [0.2, 0.25) is 0 Å². The summed E-state index contributed by atoms with van der Waals surface area (Å²) in [7, 11) is 0. The van der Waals surface area contributed by atoms with Crippen LogP contribution in [0.2, 0.25) is 0 Å². The average Bonchev–Trinajstić information content (AvgIpc) is 2.18. The van der Waals surface area contributed by atoms with E-state index in [-0.39, 0.29) is 0 Å². The van der Waals surface area contributed by atoms with Crippen LogP contribution in [0.5, 0.6) is 0 Å². The summed E-state index contributed by atoms with van der Waals surface area (Å²) in [5, 5.41) is 0. The van der Waals surface area contributed by atoms with Crippen LogP contribution in [0.4, 0.5) is 5.69 Å². The number of nitrogens with zero attached hydrogens (tertiary/aromatic N) is 2. The van der Waals surface area contributed by atoms with E-state index in [4.69, 9.17) is 5.73 Å². The maximum Gasteiger partial charge on any atom is 0.0592 e. The molecule has 0 spiro atoms. The molecule has 0 radical (unpaired) electrons. The van der Waals surface area contributed by atoms with Gasteiger partial charge in [0.15, 0.2) is 0 Å². The van der Waals surface area contributed by atoms with E-state index >= 15 is 0 Å². The van der Waals surface area contributed by atoms with Crippen molar-refractivity contribution < 1.29 is 0 Å². The Bertz CT molecular complexity index is 316. The van der Waals surface area contributed by atoms with E-state index in [1.54, 1.807) is 0 Å². The molecule has 1 aromatic heterocycles. The fourth-order valence-corrected chi connectivity index (χ4v) is 2.35. The lowest BCUT2D eigenvalue weighted by Crippen LogP contribution is -2.42. The maximum absolute atomic E-state index is 5.94. The molecule has 1 fully saturated rings. The molecule has 1 aliphatic rings. The maximum atomic E-state index is 5.94. The zero-order valence-electron chi connectivity index (χ0n) is 7.99. The molecule has 4 heteroatoms. The Kier molecular flexibility index (Phi) is 3.03. The van der Waals surface area contributed by atoms with Gasteiger partial charge in [-0.25, -0.2) is 0 Å². The molecule has 0 saturated carbocycles. The van der Waals surface area contributed by atoms with E-state index in [1.807, 2.05) is 18.5 Å². The van der Waals surface area contributed by atoms with Crippen molar-refractivity contribution in [3.8, 4) is 0 Å². The van der Waals surface area contributed by atoms with Gasteiger partial charge in [0.25, 0.3) is 0 Å². The summed E-state index contributed by atoms with van der Waals surface area (Å²) >= 11 is 3.51. The average molecular weight is 256 g/mol. The normalized spacial score (nSPS) is 22.4. The number of hydrogen-bond acceptors (Lipinski definition) is 3.